The van der Waals surface area contributed by atoms with E-state index in [4.69, 9.17) is 5.73 Å². The van der Waals surface area contributed by atoms with Crippen LogP contribution in [0.1, 0.15) is 32.3 Å². The lowest BCUT2D eigenvalue weighted by Crippen LogP contribution is -2.33. The maximum atomic E-state index is 11.7. The Kier molecular flexibility index (Phi) is 4.83. The lowest BCUT2D eigenvalue weighted by Gasteiger charge is -2.13. The Bertz CT molecular complexity index is 350. The summed E-state index contributed by atoms with van der Waals surface area (Å²) in [6.45, 7) is 4.13. The van der Waals surface area contributed by atoms with Crippen molar-refractivity contribution in [2.45, 2.75) is 39.2 Å². The normalized spacial score (nSPS) is 12.1. The molecule has 16 heavy (non-hydrogen) atoms. The third-order valence-corrected chi connectivity index (χ3v) is 2.54. The van der Waals surface area contributed by atoms with Crippen molar-refractivity contribution in [2.24, 2.45) is 0 Å². The molecule has 0 bridgehead atoms. The van der Waals surface area contributed by atoms with E-state index in [1.165, 1.54) is 0 Å². The number of amides is 1. The molecule has 1 aromatic carbocycles. The van der Waals surface area contributed by atoms with Crippen LogP contribution in [0, 0.1) is 0 Å². The molecule has 0 aromatic heterocycles. The molecule has 1 rings (SSSR count). The van der Waals surface area contributed by atoms with E-state index in [9.17, 15) is 4.79 Å². The van der Waals surface area contributed by atoms with Gasteiger partial charge in [-0.15, -0.1) is 0 Å². The Hall–Kier alpha value is -1.51. The first-order valence-corrected chi connectivity index (χ1v) is 5.76. The quantitative estimate of drug-likeness (QED) is 0.747. The molecule has 0 fully saturated rings. The zero-order chi connectivity index (χ0) is 12.0. The molecule has 0 heterocycles. The topological polar surface area (TPSA) is 55.1 Å². The van der Waals surface area contributed by atoms with Gasteiger partial charge in [0.05, 0.1) is 6.42 Å². The lowest BCUT2D eigenvalue weighted by molar-refractivity contribution is -0.121. The van der Waals surface area contributed by atoms with Crippen LogP contribution in [0.2, 0.25) is 0 Å². The molecule has 0 aliphatic heterocycles. The summed E-state index contributed by atoms with van der Waals surface area (Å²) in [5.41, 5.74) is 7.35. The predicted octanol–water partition coefficient (Wildman–Crippen LogP) is 2.12. The number of carbonyl (C=O) groups excluding carboxylic acids is 1. The van der Waals surface area contributed by atoms with E-state index in [1.807, 2.05) is 31.2 Å². The van der Waals surface area contributed by atoms with Crippen molar-refractivity contribution >= 4 is 11.6 Å². The van der Waals surface area contributed by atoms with Crippen LogP contribution in [0.3, 0.4) is 0 Å². The standard InChI is InChI=1S/C13H20N2O/c1-3-6-10(2)15-13(16)9-11-7-4-5-8-12(11)14/h4-5,7-8,10H,3,6,9,14H2,1-2H3,(H,15,16). The molecule has 0 spiro atoms. The fourth-order valence-corrected chi connectivity index (χ4v) is 1.70. The molecule has 1 aromatic rings. The number of anilines is 1. The molecular weight excluding hydrogens is 200 g/mol. The zero-order valence-electron chi connectivity index (χ0n) is 9.99. The third-order valence-electron chi connectivity index (χ3n) is 2.54. The Morgan fingerprint density at radius 2 is 2.12 bits per heavy atom. The zero-order valence-corrected chi connectivity index (χ0v) is 9.99. The van der Waals surface area contributed by atoms with Crippen LogP contribution in [0.4, 0.5) is 5.69 Å². The maximum Gasteiger partial charge on any atom is 0.224 e. The monoisotopic (exact) mass is 220 g/mol. The number of rotatable bonds is 5. The second kappa shape index (κ2) is 6.16. The van der Waals surface area contributed by atoms with Gasteiger partial charge in [0.15, 0.2) is 0 Å². The van der Waals surface area contributed by atoms with Gasteiger partial charge in [-0.25, -0.2) is 0 Å². The van der Waals surface area contributed by atoms with E-state index in [2.05, 4.69) is 12.2 Å². The minimum Gasteiger partial charge on any atom is -0.398 e. The molecule has 3 N–H and O–H groups in total. The highest BCUT2D eigenvalue weighted by Gasteiger charge is 2.08. The van der Waals surface area contributed by atoms with Gasteiger partial charge < -0.3 is 11.1 Å². The van der Waals surface area contributed by atoms with Crippen LogP contribution < -0.4 is 11.1 Å². The minimum atomic E-state index is 0.0406. The van der Waals surface area contributed by atoms with Gasteiger partial charge in [-0.3, -0.25) is 4.79 Å². The van der Waals surface area contributed by atoms with Crippen LogP contribution in [-0.4, -0.2) is 11.9 Å². The summed E-state index contributed by atoms with van der Waals surface area (Å²) in [5, 5.41) is 2.96. The van der Waals surface area contributed by atoms with Gasteiger partial charge in [-0.1, -0.05) is 31.5 Å². The Morgan fingerprint density at radius 1 is 1.44 bits per heavy atom. The van der Waals surface area contributed by atoms with E-state index in [0.29, 0.717) is 12.1 Å². The van der Waals surface area contributed by atoms with E-state index in [-0.39, 0.29) is 11.9 Å². The summed E-state index contributed by atoms with van der Waals surface area (Å²) in [6, 6.07) is 7.71. The lowest BCUT2D eigenvalue weighted by atomic mass is 10.1. The summed E-state index contributed by atoms with van der Waals surface area (Å²) < 4.78 is 0. The van der Waals surface area contributed by atoms with Gasteiger partial charge in [0.2, 0.25) is 5.91 Å². The van der Waals surface area contributed by atoms with Crippen molar-refractivity contribution in [3.8, 4) is 0 Å². The van der Waals surface area contributed by atoms with Gasteiger partial charge in [0, 0.05) is 11.7 Å². The summed E-state index contributed by atoms with van der Waals surface area (Å²) in [6.07, 6.45) is 2.45. The summed E-state index contributed by atoms with van der Waals surface area (Å²) in [4.78, 5) is 11.7. The second-order valence-corrected chi connectivity index (χ2v) is 4.13. The molecule has 0 aliphatic carbocycles. The Morgan fingerprint density at radius 3 is 2.75 bits per heavy atom. The van der Waals surface area contributed by atoms with Crippen LogP contribution in [0.5, 0.6) is 0 Å². The van der Waals surface area contributed by atoms with Gasteiger partial charge in [-0.2, -0.15) is 0 Å². The molecule has 0 aliphatic rings. The van der Waals surface area contributed by atoms with Crippen LogP contribution >= 0.6 is 0 Å². The van der Waals surface area contributed by atoms with Crippen molar-refractivity contribution in [3.63, 3.8) is 0 Å². The first kappa shape index (κ1) is 12.6. The SMILES string of the molecule is CCCC(C)NC(=O)Cc1ccccc1N. The number of nitrogens with one attached hydrogen (secondary N) is 1. The largest absolute Gasteiger partial charge is 0.398 e. The average Bonchev–Trinajstić information content (AvgIpc) is 2.21. The first-order chi connectivity index (χ1) is 7.63. The van der Waals surface area contributed by atoms with E-state index in [1.54, 1.807) is 0 Å². The molecule has 88 valence electrons. The highest BCUT2D eigenvalue weighted by Crippen LogP contribution is 2.11. The minimum absolute atomic E-state index is 0.0406. The third kappa shape index (κ3) is 3.93. The molecule has 1 amide bonds. The van der Waals surface area contributed by atoms with Gasteiger partial charge in [0.1, 0.15) is 0 Å². The molecule has 0 radical (unpaired) electrons. The molecule has 1 unspecified atom stereocenters. The number of hydrogen-bond acceptors (Lipinski definition) is 2. The van der Waals surface area contributed by atoms with Crippen LogP contribution in [-0.2, 0) is 11.2 Å². The number of hydrogen-bond donors (Lipinski definition) is 2. The van der Waals surface area contributed by atoms with Gasteiger partial charge in [-0.05, 0) is 25.0 Å². The number of para-hydroxylation sites is 1. The first-order valence-electron chi connectivity index (χ1n) is 5.76. The summed E-state index contributed by atoms with van der Waals surface area (Å²) in [5.74, 6) is 0.0406. The van der Waals surface area contributed by atoms with Crippen LogP contribution in [0.15, 0.2) is 24.3 Å². The fraction of sp³-hybridized carbons (Fsp3) is 0.462. The molecule has 0 saturated heterocycles. The van der Waals surface area contributed by atoms with Crippen molar-refractivity contribution < 1.29 is 4.79 Å². The summed E-state index contributed by atoms with van der Waals surface area (Å²) in [7, 11) is 0. The average molecular weight is 220 g/mol. The van der Waals surface area contributed by atoms with E-state index >= 15 is 0 Å². The van der Waals surface area contributed by atoms with Gasteiger partial charge in [0.25, 0.3) is 0 Å². The second-order valence-electron chi connectivity index (χ2n) is 4.13. The number of carbonyl (C=O) groups is 1. The molecular formula is C13H20N2O. The number of nitrogens with two attached hydrogens (primary N) is 1. The Balaban J connectivity index is 2.49. The van der Waals surface area contributed by atoms with E-state index in [0.717, 1.165) is 18.4 Å². The van der Waals surface area contributed by atoms with E-state index < -0.39 is 0 Å². The molecule has 3 nitrogen and oxygen atoms in total. The summed E-state index contributed by atoms with van der Waals surface area (Å²) >= 11 is 0. The maximum absolute atomic E-state index is 11.7. The van der Waals surface area contributed by atoms with Crippen molar-refractivity contribution in [1.82, 2.24) is 5.32 Å². The molecule has 0 saturated carbocycles. The van der Waals surface area contributed by atoms with Gasteiger partial charge >= 0.3 is 0 Å². The fourth-order valence-electron chi connectivity index (χ4n) is 1.70. The van der Waals surface area contributed by atoms with Crippen LogP contribution in [0.25, 0.3) is 0 Å². The number of nitrogen functional groups attached to an aromatic ring is 1. The predicted molar refractivity (Wildman–Crippen MR) is 67.1 cm³/mol. The molecule has 1 atom stereocenters. The number of benzene rings is 1. The van der Waals surface area contributed by atoms with Crippen molar-refractivity contribution in [3.05, 3.63) is 29.8 Å². The highest BCUT2D eigenvalue weighted by molar-refractivity contribution is 5.80. The highest BCUT2D eigenvalue weighted by atomic mass is 16.1. The smallest absolute Gasteiger partial charge is 0.224 e. The Labute approximate surface area is 97.0 Å². The van der Waals surface area contributed by atoms with Crippen molar-refractivity contribution in [2.75, 3.05) is 5.73 Å². The van der Waals surface area contributed by atoms with Crippen molar-refractivity contribution in [1.29, 1.82) is 0 Å². The molecule has 3 heteroatoms.